The molecular formula is C11H4Cl2F6N2OS. The van der Waals surface area contributed by atoms with E-state index in [4.69, 9.17) is 23.2 Å². The second-order valence-corrected chi connectivity index (χ2v) is 6.03. The van der Waals surface area contributed by atoms with Gasteiger partial charge >= 0.3 is 11.7 Å². The number of thioether (sulfide) groups is 1. The third kappa shape index (κ3) is 3.99. The monoisotopic (exact) mass is 396 g/mol. The van der Waals surface area contributed by atoms with Crippen molar-refractivity contribution in [2.45, 2.75) is 16.6 Å². The van der Waals surface area contributed by atoms with E-state index in [2.05, 4.69) is 5.10 Å². The Hall–Kier alpha value is -1.26. The van der Waals surface area contributed by atoms with E-state index < -0.39 is 49.5 Å². The average molecular weight is 397 g/mol. The molecule has 0 aliphatic carbocycles. The quantitative estimate of drug-likeness (QED) is 0.566. The number of alkyl halides is 6. The van der Waals surface area contributed by atoms with Gasteiger partial charge in [-0.15, -0.1) is 0 Å². The molecule has 0 aliphatic heterocycles. The summed E-state index contributed by atoms with van der Waals surface area (Å²) >= 11 is 10.7. The van der Waals surface area contributed by atoms with Gasteiger partial charge in [0.1, 0.15) is 10.6 Å². The summed E-state index contributed by atoms with van der Waals surface area (Å²) in [6.45, 7) is 0. The molecule has 1 heterocycles. The summed E-state index contributed by atoms with van der Waals surface area (Å²) in [5, 5.41) is 1.10. The summed E-state index contributed by atoms with van der Waals surface area (Å²) in [6, 6.07) is 1.04. The molecule has 0 bridgehead atoms. The number of hydrogen-bond donors (Lipinski definition) is 1. The van der Waals surface area contributed by atoms with Gasteiger partial charge in [-0.05, 0) is 23.9 Å². The van der Waals surface area contributed by atoms with Crippen LogP contribution < -0.4 is 5.56 Å². The zero-order valence-electron chi connectivity index (χ0n) is 10.5. The Morgan fingerprint density at radius 2 is 1.57 bits per heavy atom. The summed E-state index contributed by atoms with van der Waals surface area (Å²) < 4.78 is 75.3. The summed E-state index contributed by atoms with van der Waals surface area (Å²) in [6.07, 6.45) is -3.96. The number of benzene rings is 1. The molecule has 23 heavy (non-hydrogen) atoms. The van der Waals surface area contributed by atoms with E-state index in [0.717, 1.165) is 6.20 Å². The lowest BCUT2D eigenvalue weighted by Gasteiger charge is -2.12. The van der Waals surface area contributed by atoms with Gasteiger partial charge in [0.05, 0.1) is 15.6 Å². The third-order valence-electron chi connectivity index (χ3n) is 2.53. The van der Waals surface area contributed by atoms with Crippen LogP contribution in [0.1, 0.15) is 5.56 Å². The number of nitrogens with zero attached hydrogens (tertiary/aromatic N) is 1. The first-order chi connectivity index (χ1) is 10.4. The van der Waals surface area contributed by atoms with Gasteiger partial charge in [-0.25, -0.2) is 4.68 Å². The second-order valence-electron chi connectivity index (χ2n) is 4.11. The van der Waals surface area contributed by atoms with E-state index in [1.165, 1.54) is 0 Å². The molecule has 2 rings (SSSR count). The molecule has 0 atom stereocenters. The van der Waals surface area contributed by atoms with Gasteiger partial charge in [0.2, 0.25) is 0 Å². The lowest BCUT2D eigenvalue weighted by molar-refractivity contribution is -0.137. The van der Waals surface area contributed by atoms with Crippen LogP contribution in [0.3, 0.4) is 0 Å². The minimum atomic E-state index is -4.72. The first-order valence-corrected chi connectivity index (χ1v) is 7.10. The van der Waals surface area contributed by atoms with Crippen LogP contribution in [0.4, 0.5) is 26.3 Å². The van der Waals surface area contributed by atoms with Crippen LogP contribution in [0.25, 0.3) is 5.69 Å². The fourth-order valence-electron chi connectivity index (χ4n) is 1.66. The Morgan fingerprint density at radius 3 is 2.00 bits per heavy atom. The van der Waals surface area contributed by atoms with Gasteiger partial charge in [-0.3, -0.25) is 9.89 Å². The van der Waals surface area contributed by atoms with Crippen LogP contribution in [-0.2, 0) is 6.18 Å². The van der Waals surface area contributed by atoms with E-state index in [-0.39, 0.29) is 5.69 Å². The molecule has 0 aliphatic rings. The molecule has 0 saturated heterocycles. The van der Waals surface area contributed by atoms with Crippen molar-refractivity contribution in [1.82, 2.24) is 9.78 Å². The summed E-state index contributed by atoms with van der Waals surface area (Å²) in [5.74, 6) is 0. The van der Waals surface area contributed by atoms with Crippen molar-refractivity contribution in [3.8, 4) is 5.69 Å². The van der Waals surface area contributed by atoms with Crippen molar-refractivity contribution in [1.29, 1.82) is 0 Å². The van der Waals surface area contributed by atoms with Crippen molar-refractivity contribution in [3.05, 3.63) is 44.3 Å². The van der Waals surface area contributed by atoms with Crippen molar-refractivity contribution >= 4 is 35.0 Å². The largest absolute Gasteiger partial charge is 0.446 e. The van der Waals surface area contributed by atoms with Crippen LogP contribution in [0.2, 0.25) is 10.0 Å². The zero-order chi connectivity index (χ0) is 17.6. The van der Waals surface area contributed by atoms with Crippen molar-refractivity contribution in [2.75, 3.05) is 0 Å². The number of H-pyrrole nitrogens is 1. The van der Waals surface area contributed by atoms with Crippen molar-refractivity contribution in [3.63, 3.8) is 0 Å². The minimum absolute atomic E-state index is 0.375. The average Bonchev–Trinajstić information content (AvgIpc) is 2.68. The fraction of sp³-hybridized carbons (Fsp3) is 0.182. The minimum Gasteiger partial charge on any atom is -0.297 e. The lowest BCUT2D eigenvalue weighted by atomic mass is 10.2. The molecule has 0 fully saturated rings. The van der Waals surface area contributed by atoms with E-state index in [1.807, 2.05) is 0 Å². The SMILES string of the molecule is O=c1c(SC(F)(F)F)c[nH]n1-c1c(Cl)cc(C(F)(F)F)cc1Cl. The Kier molecular flexibility index (Phi) is 4.71. The van der Waals surface area contributed by atoms with Crippen LogP contribution in [0.15, 0.2) is 28.0 Å². The molecule has 1 aromatic heterocycles. The van der Waals surface area contributed by atoms with Gasteiger partial charge in [-0.1, -0.05) is 23.2 Å². The normalized spacial score (nSPS) is 12.7. The van der Waals surface area contributed by atoms with Crippen molar-refractivity contribution in [2.24, 2.45) is 0 Å². The highest BCUT2D eigenvalue weighted by atomic mass is 35.5. The number of nitrogens with one attached hydrogen (secondary N) is 1. The van der Waals surface area contributed by atoms with Crippen LogP contribution in [-0.4, -0.2) is 15.3 Å². The van der Waals surface area contributed by atoms with Crippen LogP contribution in [0, 0.1) is 0 Å². The Balaban J connectivity index is 2.54. The van der Waals surface area contributed by atoms with E-state index in [1.54, 1.807) is 0 Å². The predicted octanol–water partition coefficient (Wildman–Crippen LogP) is 5.10. The maximum Gasteiger partial charge on any atom is 0.446 e. The van der Waals surface area contributed by atoms with Gasteiger partial charge in [-0.2, -0.15) is 26.3 Å². The number of hydrogen-bond acceptors (Lipinski definition) is 2. The second kappa shape index (κ2) is 5.99. The number of halogens is 8. The molecule has 0 saturated carbocycles. The molecule has 12 heteroatoms. The molecule has 1 N–H and O–H groups in total. The first kappa shape index (κ1) is 18.1. The molecule has 2 aromatic rings. The maximum atomic E-state index is 12.6. The molecule has 1 aromatic carbocycles. The Morgan fingerprint density at radius 1 is 1.04 bits per heavy atom. The van der Waals surface area contributed by atoms with Crippen LogP contribution >= 0.6 is 35.0 Å². The van der Waals surface area contributed by atoms with Gasteiger partial charge in [0.15, 0.2) is 0 Å². The van der Waals surface area contributed by atoms with E-state index >= 15 is 0 Å². The van der Waals surface area contributed by atoms with Gasteiger partial charge in [0, 0.05) is 6.20 Å². The van der Waals surface area contributed by atoms with Crippen molar-refractivity contribution < 1.29 is 26.3 Å². The van der Waals surface area contributed by atoms with Gasteiger partial charge < -0.3 is 0 Å². The molecule has 0 unspecified atom stereocenters. The highest BCUT2D eigenvalue weighted by Gasteiger charge is 2.34. The smallest absolute Gasteiger partial charge is 0.297 e. The molecule has 3 nitrogen and oxygen atoms in total. The topological polar surface area (TPSA) is 37.8 Å². The summed E-state index contributed by atoms with van der Waals surface area (Å²) in [5.41, 5.74) is -7.37. The van der Waals surface area contributed by atoms with Gasteiger partial charge in [0.25, 0.3) is 5.56 Å². The molecular weight excluding hydrogens is 393 g/mol. The zero-order valence-corrected chi connectivity index (χ0v) is 12.8. The highest BCUT2D eigenvalue weighted by Crippen LogP contribution is 2.38. The fourth-order valence-corrected chi connectivity index (χ4v) is 2.86. The summed E-state index contributed by atoms with van der Waals surface area (Å²) in [4.78, 5) is 11.2. The van der Waals surface area contributed by atoms with E-state index in [0.29, 0.717) is 16.8 Å². The van der Waals surface area contributed by atoms with E-state index in [9.17, 15) is 31.1 Å². The predicted molar refractivity (Wildman–Crippen MR) is 73.3 cm³/mol. The molecule has 0 spiro atoms. The first-order valence-electron chi connectivity index (χ1n) is 5.53. The number of aromatic nitrogens is 2. The summed E-state index contributed by atoms with van der Waals surface area (Å²) in [7, 11) is 0. The lowest BCUT2D eigenvalue weighted by Crippen LogP contribution is -2.18. The highest BCUT2D eigenvalue weighted by molar-refractivity contribution is 8.00. The maximum absolute atomic E-state index is 12.6. The standard InChI is InChI=1S/C11H4Cl2F6N2OS/c12-5-1-4(10(14,15)16)2-6(13)8(5)21-9(22)7(3-20-21)23-11(17,18)19/h1-3,20H. The molecule has 0 amide bonds. The third-order valence-corrected chi connectivity index (χ3v) is 3.85. The Bertz CT molecular complexity index is 772. The number of rotatable bonds is 2. The molecule has 0 radical (unpaired) electrons. The Labute approximate surface area is 138 Å². The van der Waals surface area contributed by atoms with Crippen LogP contribution in [0.5, 0.6) is 0 Å². The number of aromatic amines is 1. The molecule has 126 valence electrons.